The molecule has 2 aliphatic rings. The third kappa shape index (κ3) is 3.27. The van der Waals surface area contributed by atoms with E-state index in [4.69, 9.17) is 14.2 Å². The van der Waals surface area contributed by atoms with Crippen LogP contribution in [0, 0.1) is 0 Å². The molecule has 142 valence electrons. The number of carbonyl (C=O) groups is 1. The summed E-state index contributed by atoms with van der Waals surface area (Å²) in [6.45, 7) is 3.58. The number of amides is 1. The number of rotatable bonds is 4. The predicted octanol–water partition coefficient (Wildman–Crippen LogP) is 3.40. The van der Waals surface area contributed by atoms with Crippen molar-refractivity contribution in [3.05, 3.63) is 41.5 Å². The third-order valence-electron chi connectivity index (χ3n) is 4.94. The smallest absolute Gasteiger partial charge is 0.225 e. The maximum atomic E-state index is 12.4. The topological polar surface area (TPSA) is 60.0 Å². The molecule has 27 heavy (non-hydrogen) atoms. The van der Waals surface area contributed by atoms with Gasteiger partial charge in [-0.05, 0) is 24.6 Å². The Morgan fingerprint density at radius 1 is 1.11 bits per heavy atom. The largest absolute Gasteiger partial charge is 0.493 e. The lowest BCUT2D eigenvalue weighted by atomic mass is 9.84. The summed E-state index contributed by atoms with van der Waals surface area (Å²) in [4.78, 5) is 14.4. The molecule has 0 bridgehead atoms. The van der Waals surface area contributed by atoms with Crippen LogP contribution in [0.15, 0.2) is 30.3 Å². The molecule has 0 aromatic heterocycles. The highest BCUT2D eigenvalue weighted by Gasteiger charge is 2.31. The van der Waals surface area contributed by atoms with E-state index in [1.165, 1.54) is 0 Å². The van der Waals surface area contributed by atoms with Crippen LogP contribution in [-0.4, -0.2) is 39.8 Å². The lowest BCUT2D eigenvalue weighted by molar-refractivity contribution is -0.116. The molecule has 2 aromatic carbocycles. The number of ether oxygens (including phenoxy) is 3. The van der Waals surface area contributed by atoms with Gasteiger partial charge in [-0.2, -0.15) is 0 Å². The van der Waals surface area contributed by atoms with E-state index in [0.29, 0.717) is 32.0 Å². The van der Waals surface area contributed by atoms with E-state index >= 15 is 0 Å². The maximum Gasteiger partial charge on any atom is 0.225 e. The van der Waals surface area contributed by atoms with Gasteiger partial charge in [0.05, 0.1) is 6.61 Å². The van der Waals surface area contributed by atoms with Gasteiger partial charge in [0.1, 0.15) is 19.0 Å². The molecule has 6 nitrogen and oxygen atoms in total. The van der Waals surface area contributed by atoms with Crippen LogP contribution < -0.4 is 24.4 Å². The van der Waals surface area contributed by atoms with Crippen molar-refractivity contribution in [2.24, 2.45) is 0 Å². The predicted molar refractivity (Wildman–Crippen MR) is 104 cm³/mol. The molecular formula is C21H24N2O4. The second-order valence-electron chi connectivity index (χ2n) is 6.94. The van der Waals surface area contributed by atoms with Crippen LogP contribution in [0.1, 0.15) is 30.4 Å². The highest BCUT2D eigenvalue weighted by atomic mass is 16.6. The molecule has 0 spiro atoms. The lowest BCUT2D eigenvalue weighted by Gasteiger charge is -2.30. The Hall–Kier alpha value is -2.89. The van der Waals surface area contributed by atoms with Crippen LogP contribution in [0.2, 0.25) is 0 Å². The fraction of sp³-hybridized carbons (Fsp3) is 0.381. The number of hydrogen-bond donors (Lipinski definition) is 1. The van der Waals surface area contributed by atoms with E-state index in [1.54, 1.807) is 0 Å². The number of carbonyl (C=O) groups excluding carboxylic acids is 1. The molecule has 2 aliphatic heterocycles. The summed E-state index contributed by atoms with van der Waals surface area (Å²) < 4.78 is 17.3. The number of anilines is 2. The van der Waals surface area contributed by atoms with E-state index in [1.807, 2.05) is 44.1 Å². The van der Waals surface area contributed by atoms with Crippen molar-refractivity contribution in [3.8, 4) is 17.2 Å². The monoisotopic (exact) mass is 368 g/mol. The van der Waals surface area contributed by atoms with Gasteiger partial charge >= 0.3 is 0 Å². The standard InChI is InChI=1S/C21H24N2O4/c1-4-25-18-9-13(23(2)3)5-6-14(18)15-11-21(24)22-17-12-20-19(10-16(15)17)26-7-8-27-20/h5-6,9-10,12,15H,4,7-8,11H2,1-3H3,(H,22,24)/t15-/m0/s1. The second-order valence-corrected chi connectivity index (χ2v) is 6.94. The first-order valence-corrected chi connectivity index (χ1v) is 9.24. The summed E-state index contributed by atoms with van der Waals surface area (Å²) in [5, 5.41) is 2.97. The highest BCUT2D eigenvalue weighted by Crippen LogP contribution is 2.46. The lowest BCUT2D eigenvalue weighted by Crippen LogP contribution is -2.25. The van der Waals surface area contributed by atoms with Crippen molar-refractivity contribution >= 4 is 17.3 Å². The van der Waals surface area contributed by atoms with Crippen molar-refractivity contribution < 1.29 is 19.0 Å². The quantitative estimate of drug-likeness (QED) is 0.896. The molecule has 0 saturated heterocycles. The minimum absolute atomic E-state index is 0.0108. The minimum atomic E-state index is -0.0951. The fourth-order valence-electron chi connectivity index (χ4n) is 3.64. The zero-order valence-electron chi connectivity index (χ0n) is 15.9. The van der Waals surface area contributed by atoms with Crippen molar-refractivity contribution in [1.82, 2.24) is 0 Å². The summed E-state index contributed by atoms with van der Waals surface area (Å²) in [6.07, 6.45) is 0.369. The van der Waals surface area contributed by atoms with E-state index in [2.05, 4.69) is 17.4 Å². The average molecular weight is 368 g/mol. The van der Waals surface area contributed by atoms with Crippen LogP contribution in [0.3, 0.4) is 0 Å². The Bertz CT molecular complexity index is 879. The SMILES string of the molecule is CCOc1cc(N(C)C)ccc1[C@@H]1CC(=O)Nc2cc3c(cc21)OCCO3. The molecule has 1 N–H and O–H groups in total. The Morgan fingerprint density at radius 3 is 2.56 bits per heavy atom. The van der Waals surface area contributed by atoms with Gasteiger partial charge in [0, 0.05) is 55.5 Å². The Kier molecular flexibility index (Phi) is 4.56. The molecule has 2 aromatic rings. The molecule has 0 saturated carbocycles. The van der Waals surface area contributed by atoms with Gasteiger partial charge in [0.25, 0.3) is 0 Å². The molecule has 1 amide bonds. The first-order chi connectivity index (χ1) is 13.1. The average Bonchev–Trinajstić information content (AvgIpc) is 2.66. The van der Waals surface area contributed by atoms with Crippen LogP contribution in [-0.2, 0) is 4.79 Å². The van der Waals surface area contributed by atoms with Crippen molar-refractivity contribution in [3.63, 3.8) is 0 Å². The highest BCUT2D eigenvalue weighted by molar-refractivity contribution is 5.96. The minimum Gasteiger partial charge on any atom is -0.493 e. The Morgan fingerprint density at radius 2 is 1.85 bits per heavy atom. The summed E-state index contributed by atoms with van der Waals surface area (Å²) in [5.74, 6) is 2.10. The normalized spacial score (nSPS) is 17.7. The Balaban J connectivity index is 1.82. The molecule has 0 fully saturated rings. The first-order valence-electron chi connectivity index (χ1n) is 9.24. The van der Waals surface area contributed by atoms with Crippen LogP contribution >= 0.6 is 0 Å². The van der Waals surface area contributed by atoms with Gasteiger partial charge in [-0.1, -0.05) is 6.07 Å². The van der Waals surface area contributed by atoms with E-state index in [-0.39, 0.29) is 11.8 Å². The number of nitrogens with zero attached hydrogens (tertiary/aromatic N) is 1. The number of hydrogen-bond acceptors (Lipinski definition) is 5. The molecule has 0 radical (unpaired) electrons. The maximum absolute atomic E-state index is 12.4. The molecule has 0 aliphatic carbocycles. The second kappa shape index (κ2) is 7.02. The van der Waals surface area contributed by atoms with E-state index in [9.17, 15) is 4.79 Å². The van der Waals surface area contributed by atoms with Crippen LogP contribution in [0.5, 0.6) is 17.2 Å². The van der Waals surface area contributed by atoms with Gasteiger partial charge in [-0.3, -0.25) is 4.79 Å². The van der Waals surface area contributed by atoms with E-state index in [0.717, 1.165) is 34.0 Å². The zero-order chi connectivity index (χ0) is 19.0. The fourth-order valence-corrected chi connectivity index (χ4v) is 3.64. The first kappa shape index (κ1) is 17.5. The molecule has 0 unspecified atom stereocenters. The van der Waals surface area contributed by atoms with Gasteiger partial charge in [-0.15, -0.1) is 0 Å². The summed E-state index contributed by atoms with van der Waals surface area (Å²) in [5.41, 5.74) is 3.87. The van der Waals surface area contributed by atoms with Crippen molar-refractivity contribution in [2.75, 3.05) is 44.1 Å². The van der Waals surface area contributed by atoms with Crippen molar-refractivity contribution in [2.45, 2.75) is 19.3 Å². The molecule has 4 rings (SSSR count). The van der Waals surface area contributed by atoms with E-state index < -0.39 is 0 Å². The number of nitrogens with one attached hydrogen (secondary N) is 1. The van der Waals surface area contributed by atoms with Crippen LogP contribution in [0.4, 0.5) is 11.4 Å². The summed E-state index contributed by atoms with van der Waals surface area (Å²) in [6, 6.07) is 10.0. The zero-order valence-corrected chi connectivity index (χ0v) is 15.9. The van der Waals surface area contributed by atoms with Gasteiger partial charge in [0.15, 0.2) is 11.5 Å². The molecule has 6 heteroatoms. The number of fused-ring (bicyclic) bond motifs is 2. The molecular weight excluding hydrogens is 344 g/mol. The summed E-state index contributed by atoms with van der Waals surface area (Å²) in [7, 11) is 4.00. The summed E-state index contributed by atoms with van der Waals surface area (Å²) >= 11 is 0. The van der Waals surface area contributed by atoms with Gasteiger partial charge < -0.3 is 24.4 Å². The molecule has 2 heterocycles. The Labute approximate surface area is 159 Å². The van der Waals surface area contributed by atoms with Gasteiger partial charge in [0.2, 0.25) is 5.91 Å². The van der Waals surface area contributed by atoms with Crippen molar-refractivity contribution in [1.29, 1.82) is 0 Å². The van der Waals surface area contributed by atoms with Gasteiger partial charge in [-0.25, -0.2) is 0 Å². The molecule has 1 atom stereocenters. The van der Waals surface area contributed by atoms with Crippen LogP contribution in [0.25, 0.3) is 0 Å². The third-order valence-corrected chi connectivity index (χ3v) is 4.94. The number of benzene rings is 2.